The van der Waals surface area contributed by atoms with Crippen LogP contribution in [-0.2, 0) is 90.3 Å². The van der Waals surface area contributed by atoms with E-state index in [-0.39, 0.29) is 12.3 Å². The smallest absolute Gasteiger partial charge is 0.364 e. The van der Waals surface area contributed by atoms with Crippen molar-refractivity contribution in [2.75, 3.05) is 52.9 Å². The highest BCUT2D eigenvalue weighted by atomic mass is 16.8. The van der Waals surface area contributed by atoms with E-state index in [2.05, 4.69) is 35.1 Å². The molecule has 7 aliphatic heterocycles. The van der Waals surface area contributed by atoms with Crippen LogP contribution in [0.3, 0.4) is 0 Å². The lowest BCUT2D eigenvalue weighted by atomic mass is 9.88. The summed E-state index contributed by atoms with van der Waals surface area (Å²) in [6.07, 6.45) is -35.9. The molecule has 26 N–H and O–H groups in total. The fraction of sp³-hybridized carbons (Fsp3) is 0.920. The molecule has 768 valence electrons. The minimum Gasteiger partial charge on any atom is -0.477 e. The standard InChI is InChI=1S/C87H154N4O41/c1-6-8-10-12-14-16-18-20-21-23-25-27-29-31-33-35-58(105)91-48(49(102)34-32-30-28-26-24-22-19-17-15-13-11-9-7-2)44-119-82-69(113)68(112)74(57(43-98)125-82)127-84-70(114)77(64(108)53(39-94)122-84)129-80-60(89-46(4)100)67(111)73(56(42-97)124-80)126-83-71(115)78(65(109)54(40-95)121-83)130-81-61(90-47(5)101)75(63(107)52(38-93)120-81)128-85-72(116)79(66(110)55(41-96)123-85)132-87(86(117)118)36-50(103)59(88-45(3)99)76(131-87)62(106)51(104)37-92/h32,34,48-57,59-85,92-98,102-104,106-116H,6-31,33,35-44H2,1-5H3,(H,88,99)(H,89,100)(H,90,101)(H,91,105)(H,117,118)/b34-32+/t48-,49+,50?,51+,52?,53?,54?,55?,56?,57?,59+,60?,61?,62+,63+,64-,65-,66-,67+,68+,69?,70?,71?,72?,73+,74+,75+,76?,77-,78-,79-,80-,81-,82+,83-,84-,85-,87-/m0/s1. The van der Waals surface area contributed by atoms with Gasteiger partial charge in [-0.3, -0.25) is 19.2 Å². The summed E-state index contributed by atoms with van der Waals surface area (Å²) in [6, 6.07) is -6.74. The number of hydrogen-bond acceptors (Lipinski definition) is 40. The number of ether oxygens (including phenoxy) is 14. The van der Waals surface area contributed by atoms with Gasteiger partial charge in [-0.15, -0.1) is 0 Å². The Labute approximate surface area is 768 Å². The number of aliphatic hydroxyl groups excluding tert-OH is 21. The second-order valence-electron chi connectivity index (χ2n) is 35.6. The first-order chi connectivity index (χ1) is 63.1. The molecule has 0 radical (unpaired) electrons. The molecule has 0 aliphatic carbocycles. The van der Waals surface area contributed by atoms with Crippen molar-refractivity contribution in [3.05, 3.63) is 12.2 Å². The van der Waals surface area contributed by atoms with Gasteiger partial charge in [0.05, 0.1) is 77.1 Å². The van der Waals surface area contributed by atoms with E-state index in [1.54, 1.807) is 6.08 Å². The summed E-state index contributed by atoms with van der Waals surface area (Å²) in [5, 5.41) is 258. The van der Waals surface area contributed by atoms with Crippen molar-refractivity contribution in [2.24, 2.45) is 0 Å². The summed E-state index contributed by atoms with van der Waals surface area (Å²) in [7, 11) is 0. The largest absolute Gasteiger partial charge is 0.477 e. The number of amides is 4. The van der Waals surface area contributed by atoms with Gasteiger partial charge in [0.2, 0.25) is 23.6 Å². The van der Waals surface area contributed by atoms with Gasteiger partial charge in [0.1, 0.15) is 165 Å². The molecule has 0 aromatic carbocycles. The lowest BCUT2D eigenvalue weighted by Gasteiger charge is -2.51. The quantitative estimate of drug-likeness (QED) is 0.0200. The molecule has 45 heteroatoms. The first-order valence-electron chi connectivity index (χ1n) is 47.1. The molecule has 0 saturated carbocycles. The summed E-state index contributed by atoms with van der Waals surface area (Å²) >= 11 is 0. The summed E-state index contributed by atoms with van der Waals surface area (Å²) < 4.78 is 83.2. The number of aliphatic hydroxyl groups is 21. The Kier molecular flexibility index (Phi) is 51.0. The molecule has 0 spiro atoms. The fourth-order valence-corrected chi connectivity index (χ4v) is 17.7. The number of nitrogens with one attached hydrogen (secondary N) is 4. The molecule has 7 rings (SSSR count). The maximum atomic E-state index is 13.6. The molecule has 0 bridgehead atoms. The number of unbranched alkanes of at least 4 members (excludes halogenated alkanes) is 25. The first kappa shape index (κ1) is 115. The van der Waals surface area contributed by atoms with Gasteiger partial charge >= 0.3 is 5.97 Å². The molecule has 45 nitrogen and oxygen atoms in total. The first-order valence-corrected chi connectivity index (χ1v) is 47.1. The third-order valence-corrected chi connectivity index (χ3v) is 25.2. The van der Waals surface area contributed by atoms with Crippen molar-refractivity contribution >= 4 is 29.6 Å². The summed E-state index contributed by atoms with van der Waals surface area (Å²) in [5.41, 5.74) is 0. The number of carbonyl (C=O) groups excluding carboxylic acids is 4. The lowest BCUT2D eigenvalue weighted by molar-refractivity contribution is -0.391. The van der Waals surface area contributed by atoms with Crippen molar-refractivity contribution in [1.29, 1.82) is 0 Å². The minimum atomic E-state index is -3.27. The summed E-state index contributed by atoms with van der Waals surface area (Å²) in [4.78, 5) is 65.4. The number of carboxylic acid groups (broad SMARTS) is 1. The van der Waals surface area contributed by atoms with Gasteiger partial charge in [-0.05, 0) is 19.3 Å². The van der Waals surface area contributed by atoms with E-state index < -0.39 is 315 Å². The lowest BCUT2D eigenvalue weighted by Crippen LogP contribution is -2.72. The van der Waals surface area contributed by atoms with Crippen LogP contribution in [0.5, 0.6) is 0 Å². The highest BCUT2D eigenvalue weighted by Crippen LogP contribution is 2.42. The molecule has 7 saturated heterocycles. The van der Waals surface area contributed by atoms with Gasteiger partial charge in [0.25, 0.3) is 5.79 Å². The second-order valence-corrected chi connectivity index (χ2v) is 35.6. The number of carbonyl (C=O) groups is 5. The Morgan fingerprint density at radius 3 is 1.18 bits per heavy atom. The molecule has 0 aromatic rings. The molecular formula is C87H154N4O41. The van der Waals surface area contributed by atoms with Crippen molar-refractivity contribution < 1.29 is 203 Å². The van der Waals surface area contributed by atoms with E-state index in [0.29, 0.717) is 12.8 Å². The van der Waals surface area contributed by atoms with E-state index in [1.165, 1.54) is 103 Å². The third kappa shape index (κ3) is 32.9. The predicted molar refractivity (Wildman–Crippen MR) is 455 cm³/mol. The van der Waals surface area contributed by atoms with Gasteiger partial charge in [0.15, 0.2) is 37.7 Å². The summed E-state index contributed by atoms with van der Waals surface area (Å²) in [6.45, 7) is -1.07. The minimum absolute atomic E-state index is 0.150. The maximum Gasteiger partial charge on any atom is 0.364 e. The number of carboxylic acids is 1. The van der Waals surface area contributed by atoms with Crippen LogP contribution < -0.4 is 21.3 Å². The zero-order valence-corrected chi connectivity index (χ0v) is 76.3. The highest BCUT2D eigenvalue weighted by molar-refractivity contribution is 5.77. The van der Waals surface area contributed by atoms with Crippen LogP contribution in [-0.4, -0.2) is 427 Å². The van der Waals surface area contributed by atoms with Crippen LogP contribution in [0.2, 0.25) is 0 Å². The van der Waals surface area contributed by atoms with E-state index in [1.807, 2.05) is 6.08 Å². The Morgan fingerprint density at radius 2 is 0.750 bits per heavy atom. The van der Waals surface area contributed by atoms with Crippen LogP contribution in [0.1, 0.15) is 221 Å². The Bertz CT molecular complexity index is 3300. The Balaban J connectivity index is 1.03. The van der Waals surface area contributed by atoms with Crippen LogP contribution in [0.25, 0.3) is 0 Å². The van der Waals surface area contributed by atoms with E-state index in [9.17, 15) is 136 Å². The van der Waals surface area contributed by atoms with E-state index in [4.69, 9.17) is 66.3 Å². The van der Waals surface area contributed by atoms with Gasteiger partial charge in [-0.25, -0.2) is 4.79 Å². The van der Waals surface area contributed by atoms with Crippen LogP contribution >= 0.6 is 0 Å². The van der Waals surface area contributed by atoms with Crippen LogP contribution in [0.4, 0.5) is 0 Å². The second kappa shape index (κ2) is 58.7. The molecule has 7 aliphatic rings. The Hall–Kier alpha value is -4.31. The van der Waals surface area contributed by atoms with Gasteiger partial charge < -0.3 is 200 Å². The average molecular weight is 1910 g/mol. The molecule has 7 heterocycles. The molecule has 132 heavy (non-hydrogen) atoms. The summed E-state index contributed by atoms with van der Waals surface area (Å²) in [5.74, 6) is -8.54. The molecule has 14 unspecified atom stereocenters. The SMILES string of the molecule is CCCCCCCCCCCCC/C=C/[C@@H](O)[C@H](CO[C@@H]1OC(CO)[C@@H](O[C@@H]2OC(CO)[C@H](O)[C@H](O[C@@H]3OC(CO)[C@@H](O[C@@H]4OC(CO)[C@H](O)[C@H](O[C@@H]5OC(CO)[C@@H](O)[C@H](O[C@@H]6OC(CO)[C@H](O)[C@H](O[C@]7(C(=O)O)CC(O)[C@@H](NC(C)=O)C([C@H](O)[C@H](O)CO)O7)C6O)C5NC(C)=O)C4O)[C@H](O)C3NC(C)=O)C2O)[C@H](O)C1O)NC(=O)CCCCCCCCCCCCCCCCC. The van der Waals surface area contributed by atoms with E-state index >= 15 is 0 Å². The zero-order valence-electron chi connectivity index (χ0n) is 76.3. The monoisotopic (exact) mass is 1910 g/mol. The zero-order chi connectivity index (χ0) is 97.1. The molecule has 4 amide bonds. The number of hydrogen-bond donors (Lipinski definition) is 26. The number of aliphatic carboxylic acids is 1. The topological polar surface area (TPSA) is 708 Å². The van der Waals surface area contributed by atoms with Gasteiger partial charge in [-0.1, -0.05) is 180 Å². The maximum absolute atomic E-state index is 13.6. The van der Waals surface area contributed by atoms with Crippen molar-refractivity contribution in [3.63, 3.8) is 0 Å². The highest BCUT2D eigenvalue weighted by Gasteiger charge is 2.63. The predicted octanol–water partition coefficient (Wildman–Crippen LogP) is -5.25. The average Bonchev–Trinajstić information content (AvgIpc) is 0.753. The van der Waals surface area contributed by atoms with E-state index in [0.717, 1.165) is 78.6 Å². The third-order valence-electron chi connectivity index (χ3n) is 25.2. The van der Waals surface area contributed by atoms with Gasteiger partial charge in [0, 0.05) is 33.6 Å². The van der Waals surface area contributed by atoms with Crippen molar-refractivity contribution in [2.45, 2.75) is 453 Å². The number of allylic oxidation sites excluding steroid dienone is 1. The molecule has 0 aromatic heterocycles. The normalized spacial score (nSPS) is 37.3. The molecular weight excluding hydrogens is 1760 g/mol. The van der Waals surface area contributed by atoms with Crippen molar-refractivity contribution in [1.82, 2.24) is 21.3 Å². The fourth-order valence-electron chi connectivity index (χ4n) is 17.7. The van der Waals surface area contributed by atoms with Crippen LogP contribution in [0.15, 0.2) is 12.2 Å². The van der Waals surface area contributed by atoms with Crippen molar-refractivity contribution in [3.8, 4) is 0 Å². The molecule has 7 fully saturated rings. The molecule has 38 atom stereocenters. The van der Waals surface area contributed by atoms with Gasteiger partial charge in [-0.2, -0.15) is 0 Å². The van der Waals surface area contributed by atoms with Crippen LogP contribution in [0, 0.1) is 0 Å². The Morgan fingerprint density at radius 1 is 0.394 bits per heavy atom. The number of rotatable bonds is 59.